The second-order valence-electron chi connectivity index (χ2n) is 4.26. The van der Waals surface area contributed by atoms with Gasteiger partial charge in [-0.3, -0.25) is 4.79 Å². The van der Waals surface area contributed by atoms with Crippen LogP contribution in [0.4, 0.5) is 5.69 Å². The molecule has 0 radical (unpaired) electrons. The molecule has 0 saturated carbocycles. The molecule has 0 aliphatic carbocycles. The number of thioether (sulfide) groups is 1. The van der Waals surface area contributed by atoms with Gasteiger partial charge in [0.05, 0.1) is 5.56 Å². The Morgan fingerprint density at radius 1 is 1.44 bits per heavy atom. The summed E-state index contributed by atoms with van der Waals surface area (Å²) < 4.78 is 5.34. The maximum atomic E-state index is 11.8. The smallest absolute Gasteiger partial charge is 0.252 e. The minimum atomic E-state index is -0.0652. The van der Waals surface area contributed by atoms with Gasteiger partial charge in [0.25, 0.3) is 5.91 Å². The van der Waals surface area contributed by atoms with E-state index in [0.717, 1.165) is 31.0 Å². The number of hydrogen-bond acceptors (Lipinski definition) is 4. The Kier molecular flexibility index (Phi) is 4.49. The maximum absolute atomic E-state index is 11.8. The van der Waals surface area contributed by atoms with Crippen LogP contribution in [-0.2, 0) is 4.74 Å². The standard InChI is InChI=1S/C13H18N2O2S/c1-15-13(16)11-3-2-9(14)8-12(11)18-10-4-6-17-7-5-10/h2-3,8,10H,4-7,14H2,1H3,(H,15,16). The summed E-state index contributed by atoms with van der Waals surface area (Å²) in [4.78, 5) is 12.8. The first kappa shape index (κ1) is 13.2. The highest BCUT2D eigenvalue weighted by Gasteiger charge is 2.18. The summed E-state index contributed by atoms with van der Waals surface area (Å²) in [6, 6.07) is 5.43. The number of anilines is 1. The maximum Gasteiger partial charge on any atom is 0.252 e. The molecule has 0 unspecified atom stereocenters. The van der Waals surface area contributed by atoms with Crippen LogP contribution >= 0.6 is 11.8 Å². The molecule has 0 aromatic heterocycles. The van der Waals surface area contributed by atoms with Crippen LogP contribution in [0.3, 0.4) is 0 Å². The van der Waals surface area contributed by atoms with Gasteiger partial charge >= 0.3 is 0 Å². The Labute approximate surface area is 111 Å². The van der Waals surface area contributed by atoms with E-state index in [-0.39, 0.29) is 5.91 Å². The molecule has 0 bridgehead atoms. The first-order chi connectivity index (χ1) is 8.70. The highest BCUT2D eigenvalue weighted by molar-refractivity contribution is 8.00. The van der Waals surface area contributed by atoms with Gasteiger partial charge in [0.2, 0.25) is 0 Å². The van der Waals surface area contributed by atoms with Gasteiger partial charge < -0.3 is 15.8 Å². The summed E-state index contributed by atoms with van der Waals surface area (Å²) >= 11 is 1.73. The summed E-state index contributed by atoms with van der Waals surface area (Å²) in [5.74, 6) is -0.0652. The molecule has 4 nitrogen and oxygen atoms in total. The summed E-state index contributed by atoms with van der Waals surface area (Å²) in [6.07, 6.45) is 2.04. The molecule has 1 saturated heterocycles. The van der Waals surface area contributed by atoms with Gasteiger partial charge in [-0.05, 0) is 31.0 Å². The summed E-state index contributed by atoms with van der Waals surface area (Å²) in [6.45, 7) is 1.60. The number of carbonyl (C=O) groups is 1. The zero-order valence-corrected chi connectivity index (χ0v) is 11.3. The highest BCUT2D eigenvalue weighted by Crippen LogP contribution is 2.33. The minimum absolute atomic E-state index is 0.0652. The molecule has 3 N–H and O–H groups in total. The van der Waals surface area contributed by atoms with Crippen LogP contribution in [-0.4, -0.2) is 31.4 Å². The molecule has 1 aromatic rings. The molecule has 0 spiro atoms. The molecular weight excluding hydrogens is 248 g/mol. The molecule has 0 atom stereocenters. The Bertz CT molecular complexity index is 431. The Balaban J connectivity index is 2.18. The van der Waals surface area contributed by atoms with E-state index < -0.39 is 0 Å². The molecule has 1 aromatic carbocycles. The lowest BCUT2D eigenvalue weighted by Crippen LogP contribution is -2.21. The van der Waals surface area contributed by atoms with Gasteiger partial charge in [0.15, 0.2) is 0 Å². The van der Waals surface area contributed by atoms with Gasteiger partial charge in [-0.15, -0.1) is 11.8 Å². The summed E-state index contributed by atoms with van der Waals surface area (Å²) in [5.41, 5.74) is 7.19. The monoisotopic (exact) mass is 266 g/mol. The second kappa shape index (κ2) is 6.11. The van der Waals surface area contributed by atoms with E-state index in [1.807, 2.05) is 6.07 Å². The van der Waals surface area contributed by atoms with Gasteiger partial charge in [-0.25, -0.2) is 0 Å². The Hall–Kier alpha value is -1.20. The van der Waals surface area contributed by atoms with Crippen LogP contribution in [0.1, 0.15) is 23.2 Å². The van der Waals surface area contributed by atoms with Crippen molar-refractivity contribution in [1.82, 2.24) is 5.32 Å². The van der Waals surface area contributed by atoms with Crippen molar-refractivity contribution in [3.63, 3.8) is 0 Å². The molecule has 1 heterocycles. The third kappa shape index (κ3) is 3.17. The van der Waals surface area contributed by atoms with Crippen LogP contribution in [0.25, 0.3) is 0 Å². The SMILES string of the molecule is CNC(=O)c1ccc(N)cc1SC1CCOCC1. The van der Waals surface area contributed by atoms with Crippen molar-refractivity contribution >= 4 is 23.4 Å². The molecule has 1 fully saturated rings. The van der Waals surface area contributed by atoms with Crippen molar-refractivity contribution in [3.05, 3.63) is 23.8 Å². The van der Waals surface area contributed by atoms with E-state index >= 15 is 0 Å². The molecule has 2 rings (SSSR count). The zero-order valence-electron chi connectivity index (χ0n) is 10.4. The molecule has 1 aliphatic heterocycles. The largest absolute Gasteiger partial charge is 0.399 e. The molecule has 98 valence electrons. The van der Waals surface area contributed by atoms with Gasteiger partial charge in [-0.1, -0.05) is 0 Å². The van der Waals surface area contributed by atoms with E-state index in [2.05, 4.69) is 5.32 Å². The quantitative estimate of drug-likeness (QED) is 0.820. The van der Waals surface area contributed by atoms with Crippen molar-refractivity contribution in [1.29, 1.82) is 0 Å². The van der Waals surface area contributed by atoms with Crippen molar-refractivity contribution in [2.45, 2.75) is 23.0 Å². The highest BCUT2D eigenvalue weighted by atomic mass is 32.2. The fourth-order valence-corrected chi connectivity index (χ4v) is 3.21. The number of rotatable bonds is 3. The number of hydrogen-bond donors (Lipinski definition) is 2. The van der Waals surface area contributed by atoms with Gasteiger partial charge in [-0.2, -0.15) is 0 Å². The summed E-state index contributed by atoms with van der Waals surface area (Å²) in [7, 11) is 1.64. The van der Waals surface area contributed by atoms with Gasteiger partial charge in [0.1, 0.15) is 0 Å². The van der Waals surface area contributed by atoms with Crippen molar-refractivity contribution in [2.75, 3.05) is 26.0 Å². The lowest BCUT2D eigenvalue weighted by Gasteiger charge is -2.22. The second-order valence-corrected chi connectivity index (χ2v) is 5.61. The molecule has 1 amide bonds. The fraction of sp³-hybridized carbons (Fsp3) is 0.462. The average molecular weight is 266 g/mol. The topological polar surface area (TPSA) is 64.4 Å². The van der Waals surface area contributed by atoms with Crippen LogP contribution in [0.5, 0.6) is 0 Å². The predicted octanol–water partition coefficient (Wildman–Crippen LogP) is 1.90. The number of amides is 1. The van der Waals surface area contributed by atoms with Crippen molar-refractivity contribution < 1.29 is 9.53 Å². The third-order valence-corrected chi connectivity index (χ3v) is 4.34. The Morgan fingerprint density at radius 2 is 2.17 bits per heavy atom. The van der Waals surface area contributed by atoms with E-state index in [0.29, 0.717) is 16.5 Å². The molecule has 5 heteroatoms. The fourth-order valence-electron chi connectivity index (χ4n) is 1.93. The lowest BCUT2D eigenvalue weighted by atomic mass is 10.2. The zero-order chi connectivity index (χ0) is 13.0. The number of benzene rings is 1. The van der Waals surface area contributed by atoms with Crippen LogP contribution in [0.2, 0.25) is 0 Å². The van der Waals surface area contributed by atoms with E-state index in [9.17, 15) is 4.79 Å². The first-order valence-electron chi connectivity index (χ1n) is 6.06. The average Bonchev–Trinajstić information content (AvgIpc) is 2.39. The predicted molar refractivity (Wildman–Crippen MR) is 73.9 cm³/mol. The van der Waals surface area contributed by atoms with Crippen molar-refractivity contribution in [3.8, 4) is 0 Å². The van der Waals surface area contributed by atoms with Crippen LogP contribution in [0, 0.1) is 0 Å². The lowest BCUT2D eigenvalue weighted by molar-refractivity contribution is 0.0960. The number of ether oxygens (including phenoxy) is 1. The van der Waals surface area contributed by atoms with E-state index in [1.54, 1.807) is 30.9 Å². The van der Waals surface area contributed by atoms with E-state index in [4.69, 9.17) is 10.5 Å². The number of nitrogens with one attached hydrogen (secondary N) is 1. The van der Waals surface area contributed by atoms with Crippen molar-refractivity contribution in [2.24, 2.45) is 0 Å². The van der Waals surface area contributed by atoms with Crippen LogP contribution < -0.4 is 11.1 Å². The number of carbonyl (C=O) groups excluding carboxylic acids is 1. The normalized spacial score (nSPS) is 16.5. The van der Waals surface area contributed by atoms with E-state index in [1.165, 1.54) is 0 Å². The molecule has 1 aliphatic rings. The van der Waals surface area contributed by atoms with Gasteiger partial charge in [0, 0.05) is 36.1 Å². The number of nitrogens with two attached hydrogens (primary N) is 1. The minimum Gasteiger partial charge on any atom is -0.399 e. The molecule has 18 heavy (non-hydrogen) atoms. The Morgan fingerprint density at radius 3 is 2.83 bits per heavy atom. The molecular formula is C13H18N2O2S. The van der Waals surface area contributed by atoms with Crippen LogP contribution in [0.15, 0.2) is 23.1 Å². The summed E-state index contributed by atoms with van der Waals surface area (Å²) in [5, 5.41) is 3.16. The first-order valence-corrected chi connectivity index (χ1v) is 6.94. The third-order valence-electron chi connectivity index (χ3n) is 2.94. The number of nitrogen functional groups attached to an aromatic ring is 1.